The highest BCUT2D eigenvalue weighted by atomic mass is 79.9. The Bertz CT molecular complexity index is 473. The summed E-state index contributed by atoms with van der Waals surface area (Å²) >= 11 is 3.37. The number of carbonyl (C=O) groups is 2. The van der Waals surface area contributed by atoms with Crippen LogP contribution in [0, 0.1) is 0 Å². The first-order valence-electron chi connectivity index (χ1n) is 7.67. The highest BCUT2D eigenvalue weighted by Crippen LogP contribution is 2.12. The van der Waals surface area contributed by atoms with Gasteiger partial charge in [0.25, 0.3) is 0 Å². The predicted octanol–water partition coefficient (Wildman–Crippen LogP) is 4.40. The normalized spacial score (nSPS) is 10.3. The van der Waals surface area contributed by atoms with E-state index in [9.17, 15) is 9.59 Å². The molecular weight excluding hydrogens is 348 g/mol. The van der Waals surface area contributed by atoms with Crippen LogP contribution in [0.5, 0.6) is 0 Å². The summed E-state index contributed by atoms with van der Waals surface area (Å²) in [6.07, 6.45) is 4.02. The second-order valence-electron chi connectivity index (χ2n) is 5.07. The molecule has 4 nitrogen and oxygen atoms in total. The van der Waals surface area contributed by atoms with E-state index in [0.29, 0.717) is 13.0 Å². The van der Waals surface area contributed by atoms with Crippen LogP contribution in [-0.4, -0.2) is 18.5 Å². The molecule has 0 atom stereocenters. The molecule has 0 bridgehead atoms. The molecule has 0 aromatic heterocycles. The van der Waals surface area contributed by atoms with Crippen molar-refractivity contribution in [3.8, 4) is 0 Å². The van der Waals surface area contributed by atoms with E-state index in [1.807, 2.05) is 24.3 Å². The van der Waals surface area contributed by atoms with E-state index in [2.05, 4.69) is 22.9 Å². The summed E-state index contributed by atoms with van der Waals surface area (Å²) in [7, 11) is 0. The fourth-order valence-electron chi connectivity index (χ4n) is 1.85. The molecule has 0 heterocycles. The number of rotatable bonds is 10. The summed E-state index contributed by atoms with van der Waals surface area (Å²) < 4.78 is 11.2. The molecule has 1 rings (SSSR count). The van der Waals surface area contributed by atoms with Crippen LogP contribution in [0.1, 0.15) is 51.0 Å². The summed E-state index contributed by atoms with van der Waals surface area (Å²) in [6.45, 7) is 2.82. The summed E-state index contributed by atoms with van der Waals surface area (Å²) in [6, 6.07) is 7.60. The van der Waals surface area contributed by atoms with Crippen LogP contribution in [0.15, 0.2) is 28.7 Å². The molecule has 0 amide bonds. The molecule has 0 saturated carbocycles. The Labute approximate surface area is 140 Å². The van der Waals surface area contributed by atoms with Gasteiger partial charge in [-0.25, -0.2) is 0 Å². The van der Waals surface area contributed by atoms with Gasteiger partial charge < -0.3 is 9.47 Å². The van der Waals surface area contributed by atoms with Crippen LogP contribution in [0.25, 0.3) is 0 Å². The maximum absolute atomic E-state index is 11.6. The lowest BCUT2D eigenvalue weighted by molar-refractivity contribution is -0.146. The van der Waals surface area contributed by atoms with Gasteiger partial charge in [-0.2, -0.15) is 0 Å². The molecule has 0 aliphatic carbocycles. The highest BCUT2D eigenvalue weighted by Gasteiger charge is 2.07. The van der Waals surface area contributed by atoms with Crippen molar-refractivity contribution in [2.24, 2.45) is 0 Å². The minimum absolute atomic E-state index is 0.234. The number of ether oxygens (including phenoxy) is 2. The summed E-state index contributed by atoms with van der Waals surface area (Å²) in [5.41, 5.74) is 0.929. The first kappa shape index (κ1) is 18.7. The molecule has 122 valence electrons. The van der Waals surface area contributed by atoms with Gasteiger partial charge in [-0.1, -0.05) is 47.8 Å². The van der Waals surface area contributed by atoms with E-state index >= 15 is 0 Å². The fourth-order valence-corrected chi connectivity index (χ4v) is 2.30. The molecule has 0 aliphatic rings. The Kier molecular flexibility index (Phi) is 9.55. The van der Waals surface area contributed by atoms with Crippen molar-refractivity contribution in [2.75, 3.05) is 6.61 Å². The van der Waals surface area contributed by atoms with Gasteiger partial charge in [0.05, 0.1) is 6.61 Å². The number of esters is 2. The minimum atomic E-state index is -0.293. The Morgan fingerprint density at radius 2 is 1.77 bits per heavy atom. The van der Waals surface area contributed by atoms with E-state index in [1.165, 1.54) is 0 Å². The van der Waals surface area contributed by atoms with Gasteiger partial charge >= 0.3 is 11.9 Å². The number of carbonyl (C=O) groups excluding carboxylic acids is 2. The average molecular weight is 371 g/mol. The van der Waals surface area contributed by atoms with Gasteiger partial charge in [0, 0.05) is 17.3 Å². The van der Waals surface area contributed by atoms with Crippen molar-refractivity contribution in [1.29, 1.82) is 0 Å². The molecule has 1 aromatic carbocycles. The number of hydrogen-bond acceptors (Lipinski definition) is 4. The molecule has 0 saturated heterocycles. The molecule has 0 spiro atoms. The molecule has 0 aliphatic heterocycles. The van der Waals surface area contributed by atoms with Gasteiger partial charge in [-0.3, -0.25) is 9.59 Å². The number of hydrogen-bond donors (Lipinski definition) is 0. The zero-order valence-electron chi connectivity index (χ0n) is 13.0. The van der Waals surface area contributed by atoms with Crippen LogP contribution in [0.2, 0.25) is 0 Å². The second kappa shape index (κ2) is 11.2. The van der Waals surface area contributed by atoms with E-state index in [4.69, 9.17) is 9.47 Å². The van der Waals surface area contributed by atoms with Crippen LogP contribution < -0.4 is 0 Å². The maximum atomic E-state index is 11.6. The van der Waals surface area contributed by atoms with E-state index < -0.39 is 0 Å². The van der Waals surface area contributed by atoms with Crippen LogP contribution in [0.3, 0.4) is 0 Å². The van der Waals surface area contributed by atoms with Crippen molar-refractivity contribution in [3.05, 3.63) is 34.3 Å². The fraction of sp³-hybridized carbons (Fsp3) is 0.529. The lowest BCUT2D eigenvalue weighted by atomic mass is 10.2. The van der Waals surface area contributed by atoms with Gasteiger partial charge in [-0.15, -0.1) is 0 Å². The van der Waals surface area contributed by atoms with Gasteiger partial charge in [-0.05, 0) is 30.5 Å². The third-order valence-electron chi connectivity index (χ3n) is 3.06. The van der Waals surface area contributed by atoms with E-state index in [-0.39, 0.29) is 31.4 Å². The lowest BCUT2D eigenvalue weighted by Gasteiger charge is -2.06. The van der Waals surface area contributed by atoms with Crippen molar-refractivity contribution in [2.45, 2.75) is 52.1 Å². The Morgan fingerprint density at radius 1 is 1.05 bits per heavy atom. The third kappa shape index (κ3) is 8.82. The van der Waals surface area contributed by atoms with Crippen LogP contribution in [0.4, 0.5) is 0 Å². The first-order chi connectivity index (χ1) is 10.6. The minimum Gasteiger partial charge on any atom is -0.466 e. The van der Waals surface area contributed by atoms with Crippen molar-refractivity contribution < 1.29 is 19.1 Å². The van der Waals surface area contributed by atoms with E-state index in [0.717, 1.165) is 29.3 Å². The van der Waals surface area contributed by atoms with Crippen molar-refractivity contribution in [3.63, 3.8) is 0 Å². The highest BCUT2D eigenvalue weighted by molar-refractivity contribution is 9.10. The molecule has 0 fully saturated rings. The lowest BCUT2D eigenvalue weighted by Crippen LogP contribution is -2.08. The average Bonchev–Trinajstić information content (AvgIpc) is 2.50. The second-order valence-corrected chi connectivity index (χ2v) is 5.99. The topological polar surface area (TPSA) is 52.6 Å². The Balaban J connectivity index is 2.09. The summed E-state index contributed by atoms with van der Waals surface area (Å²) in [5.74, 6) is -0.533. The summed E-state index contributed by atoms with van der Waals surface area (Å²) in [4.78, 5) is 23.0. The zero-order chi connectivity index (χ0) is 16.2. The van der Waals surface area contributed by atoms with E-state index in [1.54, 1.807) is 0 Å². The van der Waals surface area contributed by atoms with Crippen LogP contribution >= 0.6 is 15.9 Å². The third-order valence-corrected chi connectivity index (χ3v) is 3.55. The Hall–Kier alpha value is -1.36. The molecule has 1 aromatic rings. The number of halogens is 1. The smallest absolute Gasteiger partial charge is 0.306 e. The number of unbranched alkanes of at least 4 members (excludes halogenated alkanes) is 2. The monoisotopic (exact) mass is 370 g/mol. The van der Waals surface area contributed by atoms with Gasteiger partial charge in [0.15, 0.2) is 0 Å². The Morgan fingerprint density at radius 3 is 2.45 bits per heavy atom. The number of benzene rings is 1. The predicted molar refractivity (Wildman–Crippen MR) is 88.3 cm³/mol. The standard InChI is InChI=1S/C17H23BrO4/c1-2-3-4-11-21-16(19)9-6-10-17(20)22-13-14-7-5-8-15(18)12-14/h5,7-8,12H,2-4,6,9-11,13H2,1H3. The molecule has 22 heavy (non-hydrogen) atoms. The first-order valence-corrected chi connectivity index (χ1v) is 8.46. The molecular formula is C17H23BrO4. The maximum Gasteiger partial charge on any atom is 0.306 e. The van der Waals surface area contributed by atoms with Crippen molar-refractivity contribution >= 4 is 27.9 Å². The SMILES string of the molecule is CCCCCOC(=O)CCCC(=O)OCc1cccc(Br)c1. The summed E-state index contributed by atoms with van der Waals surface area (Å²) in [5, 5.41) is 0. The molecule has 0 N–H and O–H groups in total. The molecule has 5 heteroatoms. The largest absolute Gasteiger partial charge is 0.466 e. The molecule has 0 radical (unpaired) electrons. The van der Waals surface area contributed by atoms with Crippen molar-refractivity contribution in [1.82, 2.24) is 0 Å². The van der Waals surface area contributed by atoms with Gasteiger partial charge in [0.2, 0.25) is 0 Å². The van der Waals surface area contributed by atoms with Crippen LogP contribution in [-0.2, 0) is 25.7 Å². The zero-order valence-corrected chi connectivity index (χ0v) is 14.6. The quantitative estimate of drug-likeness (QED) is 0.452. The molecule has 0 unspecified atom stereocenters. The van der Waals surface area contributed by atoms with Gasteiger partial charge in [0.1, 0.15) is 6.61 Å².